The molecule has 0 spiro atoms. The molecule has 2 aromatic carbocycles. The molecule has 102 valence electrons. The highest BCUT2D eigenvalue weighted by molar-refractivity contribution is 8.07. The minimum Gasteiger partial charge on any atom is -0.497 e. The molecule has 0 heterocycles. The zero-order chi connectivity index (χ0) is 13.9. The number of rotatable bonds is 4. The highest BCUT2D eigenvalue weighted by Crippen LogP contribution is 2.42. The van der Waals surface area contributed by atoms with Crippen LogP contribution in [0.4, 0.5) is 0 Å². The Morgan fingerprint density at radius 2 is 1.80 bits per heavy atom. The van der Waals surface area contributed by atoms with Gasteiger partial charge in [0.05, 0.1) is 7.11 Å². The fraction of sp³-hybridized carbons (Fsp3) is 0.222. The van der Waals surface area contributed by atoms with Crippen LogP contribution in [-0.4, -0.2) is 7.11 Å². The van der Waals surface area contributed by atoms with E-state index in [4.69, 9.17) is 4.74 Å². The van der Waals surface area contributed by atoms with Gasteiger partial charge in [-0.25, -0.2) is 0 Å². The number of hydrogen-bond donors (Lipinski definition) is 0. The van der Waals surface area contributed by atoms with E-state index >= 15 is 0 Å². The lowest BCUT2D eigenvalue weighted by molar-refractivity contribution is 0.414. The van der Waals surface area contributed by atoms with E-state index in [1.165, 1.54) is 21.6 Å². The van der Waals surface area contributed by atoms with Crippen molar-refractivity contribution in [2.24, 2.45) is 0 Å². The molecule has 1 atom stereocenters. The lowest BCUT2D eigenvalue weighted by Crippen LogP contribution is -1.86. The van der Waals surface area contributed by atoms with Crippen LogP contribution in [-0.2, 0) is 5.75 Å². The third kappa shape index (κ3) is 2.61. The molecule has 0 saturated heterocycles. The minimum atomic E-state index is 0.532. The maximum absolute atomic E-state index is 5.19. The third-order valence-corrected chi connectivity index (χ3v) is 4.82. The fourth-order valence-corrected chi connectivity index (χ4v) is 3.69. The highest BCUT2D eigenvalue weighted by atomic mass is 32.2. The molecule has 0 saturated carbocycles. The first-order valence-electron chi connectivity index (χ1n) is 6.85. The monoisotopic (exact) mass is 282 g/mol. The Morgan fingerprint density at radius 1 is 1.05 bits per heavy atom. The number of allylic oxidation sites excluding steroid dienone is 1. The lowest BCUT2D eigenvalue weighted by atomic mass is 10.0. The quantitative estimate of drug-likeness (QED) is 0.772. The molecule has 0 aliphatic heterocycles. The van der Waals surface area contributed by atoms with E-state index in [-0.39, 0.29) is 0 Å². The maximum atomic E-state index is 5.19. The molecule has 1 aliphatic rings. The number of hydrogen-bond acceptors (Lipinski definition) is 2. The molecule has 2 aromatic rings. The number of fused-ring (bicyclic) bond motifs is 1. The summed E-state index contributed by atoms with van der Waals surface area (Å²) in [6.45, 7) is 2.26. The van der Waals surface area contributed by atoms with Gasteiger partial charge in [-0.05, 0) is 28.8 Å². The Labute approximate surface area is 124 Å². The Balaban J connectivity index is 1.71. The van der Waals surface area contributed by atoms with E-state index in [1.807, 2.05) is 23.9 Å². The summed E-state index contributed by atoms with van der Waals surface area (Å²) in [5.74, 6) is 2.44. The number of thioether (sulfide) groups is 1. The van der Waals surface area contributed by atoms with Crippen molar-refractivity contribution in [2.75, 3.05) is 7.11 Å². The van der Waals surface area contributed by atoms with Gasteiger partial charge in [0.15, 0.2) is 0 Å². The first-order valence-corrected chi connectivity index (χ1v) is 7.83. The van der Waals surface area contributed by atoms with Gasteiger partial charge in [0, 0.05) is 16.6 Å². The van der Waals surface area contributed by atoms with Crippen molar-refractivity contribution >= 4 is 16.7 Å². The summed E-state index contributed by atoms with van der Waals surface area (Å²) in [7, 11) is 1.70. The molecule has 1 nitrogen and oxygen atoms in total. The standard InChI is InChI=1S/C18H18OS/c1-13-11-18(17-6-4-3-5-16(13)17)20-12-14-7-9-15(19-2)10-8-14/h3-11,13H,12H2,1-2H3. The van der Waals surface area contributed by atoms with Crippen molar-refractivity contribution in [1.29, 1.82) is 0 Å². The van der Waals surface area contributed by atoms with Crippen molar-refractivity contribution in [3.8, 4) is 5.75 Å². The zero-order valence-electron chi connectivity index (χ0n) is 11.8. The molecule has 20 heavy (non-hydrogen) atoms. The number of ether oxygens (including phenoxy) is 1. The molecule has 0 bridgehead atoms. The number of methoxy groups -OCH3 is 1. The van der Waals surface area contributed by atoms with Crippen LogP contribution in [0.3, 0.4) is 0 Å². The molecule has 0 aromatic heterocycles. The van der Waals surface area contributed by atoms with Crippen molar-refractivity contribution in [3.63, 3.8) is 0 Å². The second kappa shape index (κ2) is 5.76. The van der Waals surface area contributed by atoms with Crippen LogP contribution >= 0.6 is 11.8 Å². The Bertz CT molecular complexity index is 628. The minimum absolute atomic E-state index is 0.532. The first-order chi connectivity index (χ1) is 9.78. The van der Waals surface area contributed by atoms with E-state index in [0.29, 0.717) is 5.92 Å². The topological polar surface area (TPSA) is 9.23 Å². The molecule has 1 unspecified atom stereocenters. The van der Waals surface area contributed by atoms with Gasteiger partial charge < -0.3 is 4.74 Å². The summed E-state index contributed by atoms with van der Waals surface area (Å²) < 4.78 is 5.19. The average molecular weight is 282 g/mol. The van der Waals surface area contributed by atoms with E-state index in [2.05, 4.69) is 49.4 Å². The van der Waals surface area contributed by atoms with Crippen LogP contribution in [0.1, 0.15) is 29.5 Å². The smallest absolute Gasteiger partial charge is 0.118 e. The normalized spacial score (nSPS) is 16.7. The third-order valence-electron chi connectivity index (χ3n) is 3.67. The number of benzene rings is 2. The maximum Gasteiger partial charge on any atom is 0.118 e. The van der Waals surface area contributed by atoms with Crippen molar-refractivity contribution in [2.45, 2.75) is 18.6 Å². The van der Waals surface area contributed by atoms with E-state index < -0.39 is 0 Å². The summed E-state index contributed by atoms with van der Waals surface area (Å²) in [5, 5.41) is 0. The van der Waals surface area contributed by atoms with Crippen molar-refractivity contribution < 1.29 is 4.74 Å². The summed E-state index contributed by atoms with van der Waals surface area (Å²) >= 11 is 1.92. The van der Waals surface area contributed by atoms with Crippen LogP contribution in [0, 0.1) is 0 Å². The molecular weight excluding hydrogens is 264 g/mol. The van der Waals surface area contributed by atoms with Crippen molar-refractivity contribution in [1.82, 2.24) is 0 Å². The summed E-state index contributed by atoms with van der Waals surface area (Å²) in [5.41, 5.74) is 4.18. The summed E-state index contributed by atoms with van der Waals surface area (Å²) in [6, 6.07) is 17.0. The fourth-order valence-electron chi connectivity index (χ4n) is 2.53. The van der Waals surface area contributed by atoms with Gasteiger partial charge in [-0.15, -0.1) is 11.8 Å². The molecule has 3 rings (SSSR count). The molecule has 0 radical (unpaired) electrons. The predicted molar refractivity (Wildman–Crippen MR) is 87.1 cm³/mol. The molecule has 0 amide bonds. The SMILES string of the molecule is COc1ccc(CSC2=CC(C)c3ccccc32)cc1. The molecule has 0 N–H and O–H groups in total. The molecule has 2 heteroatoms. The highest BCUT2D eigenvalue weighted by Gasteiger charge is 2.19. The van der Waals surface area contributed by atoms with Crippen LogP contribution in [0.5, 0.6) is 5.75 Å². The molecule has 0 fully saturated rings. The first kappa shape index (κ1) is 13.3. The van der Waals surface area contributed by atoms with Gasteiger partial charge in [-0.2, -0.15) is 0 Å². The van der Waals surface area contributed by atoms with Gasteiger partial charge in [0.25, 0.3) is 0 Å². The van der Waals surface area contributed by atoms with Crippen LogP contribution in [0.15, 0.2) is 54.6 Å². The Kier molecular flexibility index (Phi) is 3.83. The average Bonchev–Trinajstić information content (AvgIpc) is 2.83. The lowest BCUT2D eigenvalue weighted by Gasteiger charge is -2.07. The second-order valence-corrected chi connectivity index (χ2v) is 6.06. The Hall–Kier alpha value is -1.67. The largest absolute Gasteiger partial charge is 0.497 e. The Morgan fingerprint density at radius 3 is 2.55 bits per heavy atom. The van der Waals surface area contributed by atoms with Crippen LogP contribution in [0.25, 0.3) is 4.91 Å². The molecule has 1 aliphatic carbocycles. The van der Waals surface area contributed by atoms with Gasteiger partial charge in [0.1, 0.15) is 5.75 Å². The van der Waals surface area contributed by atoms with E-state index in [0.717, 1.165) is 11.5 Å². The summed E-state index contributed by atoms with van der Waals surface area (Å²) in [6.07, 6.45) is 2.37. The van der Waals surface area contributed by atoms with Crippen LogP contribution in [0.2, 0.25) is 0 Å². The van der Waals surface area contributed by atoms with E-state index in [9.17, 15) is 0 Å². The second-order valence-electron chi connectivity index (χ2n) is 5.04. The van der Waals surface area contributed by atoms with Gasteiger partial charge in [-0.1, -0.05) is 49.4 Å². The van der Waals surface area contributed by atoms with Gasteiger partial charge in [-0.3, -0.25) is 0 Å². The predicted octanol–water partition coefficient (Wildman–Crippen LogP) is 5.09. The van der Waals surface area contributed by atoms with Gasteiger partial charge in [0.2, 0.25) is 0 Å². The zero-order valence-corrected chi connectivity index (χ0v) is 12.6. The van der Waals surface area contributed by atoms with Gasteiger partial charge >= 0.3 is 0 Å². The van der Waals surface area contributed by atoms with Crippen molar-refractivity contribution in [3.05, 3.63) is 71.3 Å². The van der Waals surface area contributed by atoms with E-state index in [1.54, 1.807) is 7.11 Å². The van der Waals surface area contributed by atoms with Crippen LogP contribution < -0.4 is 4.74 Å². The molecular formula is C18H18OS. The summed E-state index contributed by atoms with van der Waals surface area (Å²) in [4.78, 5) is 1.41.